The number of benzene rings is 1. The molecule has 1 aromatic heterocycles. The van der Waals surface area contributed by atoms with Gasteiger partial charge in [-0.2, -0.15) is 0 Å². The van der Waals surface area contributed by atoms with E-state index in [0.29, 0.717) is 19.1 Å². The van der Waals surface area contributed by atoms with E-state index in [9.17, 15) is 4.79 Å². The van der Waals surface area contributed by atoms with E-state index in [2.05, 4.69) is 27.8 Å². The Hall–Kier alpha value is -1.89. The number of carbonyl (C=O) groups excluding carboxylic acids is 1. The van der Waals surface area contributed by atoms with E-state index in [1.54, 1.807) is 13.3 Å². The molecule has 1 saturated heterocycles. The Morgan fingerprint density at radius 1 is 1.32 bits per heavy atom. The zero-order chi connectivity index (χ0) is 16.8. The quantitative estimate of drug-likeness (QED) is 0.825. The number of nitrogens with zero attached hydrogens (tertiary/aromatic N) is 2. The molecule has 3 rings (SSSR count). The van der Waals surface area contributed by atoms with Gasteiger partial charge in [0.05, 0.1) is 18.6 Å². The summed E-state index contributed by atoms with van der Waals surface area (Å²) in [5.41, 5.74) is 0.684. The fraction of sp³-hybridized carbons (Fsp3) is 0.444. The monoisotopic (exact) mass is 364 g/mol. The predicted molar refractivity (Wildman–Crippen MR) is 100 cm³/mol. The van der Waals surface area contributed by atoms with Crippen molar-refractivity contribution in [3.63, 3.8) is 0 Å². The molecule has 25 heavy (non-hydrogen) atoms. The molecule has 0 aliphatic carbocycles. The molecule has 2 aromatic rings. The Labute approximate surface area is 154 Å². The van der Waals surface area contributed by atoms with Gasteiger partial charge in [-0.15, -0.1) is 12.4 Å². The number of carbonyl (C=O) groups is 1. The average Bonchev–Trinajstić information content (AvgIpc) is 3.04. The molecule has 0 bridgehead atoms. The summed E-state index contributed by atoms with van der Waals surface area (Å²) in [6.07, 6.45) is 5.14. The van der Waals surface area contributed by atoms with Gasteiger partial charge < -0.3 is 14.6 Å². The largest absolute Gasteiger partial charge is 0.384 e. The third-order valence-electron chi connectivity index (χ3n) is 4.60. The van der Waals surface area contributed by atoms with Gasteiger partial charge >= 0.3 is 0 Å². The first kappa shape index (κ1) is 19.4. The maximum atomic E-state index is 12.9. The van der Waals surface area contributed by atoms with Gasteiger partial charge in [-0.05, 0) is 31.5 Å². The first-order valence-corrected chi connectivity index (χ1v) is 8.30. The van der Waals surface area contributed by atoms with Gasteiger partial charge in [-0.3, -0.25) is 10.1 Å². The first-order valence-electron chi connectivity index (χ1n) is 8.30. The Morgan fingerprint density at radius 3 is 2.72 bits per heavy atom. The number of halogens is 1. The number of piperidine rings is 1. The van der Waals surface area contributed by atoms with Gasteiger partial charge in [-0.25, -0.2) is 4.98 Å². The summed E-state index contributed by atoms with van der Waals surface area (Å²) in [6.45, 7) is 2.76. The molecule has 1 aliphatic rings. The number of amides is 1. The van der Waals surface area contributed by atoms with Gasteiger partial charge in [0.2, 0.25) is 11.9 Å². The summed E-state index contributed by atoms with van der Waals surface area (Å²) in [4.78, 5) is 17.2. The van der Waals surface area contributed by atoms with E-state index in [4.69, 9.17) is 4.74 Å². The summed E-state index contributed by atoms with van der Waals surface area (Å²) < 4.78 is 7.29. The number of nitrogens with one attached hydrogen (secondary N) is 2. The number of hydrogen-bond acceptors (Lipinski definition) is 4. The van der Waals surface area contributed by atoms with Crippen molar-refractivity contribution in [2.75, 3.05) is 32.1 Å². The Balaban J connectivity index is 0.00000225. The van der Waals surface area contributed by atoms with Gasteiger partial charge in [0.1, 0.15) is 0 Å². The van der Waals surface area contributed by atoms with Crippen LogP contribution < -0.4 is 10.6 Å². The molecule has 1 fully saturated rings. The van der Waals surface area contributed by atoms with Crippen LogP contribution in [-0.2, 0) is 16.1 Å². The minimum absolute atomic E-state index is 0. The summed E-state index contributed by atoms with van der Waals surface area (Å²) >= 11 is 0. The smallest absolute Gasteiger partial charge is 0.235 e. The van der Waals surface area contributed by atoms with E-state index < -0.39 is 5.41 Å². The Bertz CT molecular complexity index is 663. The van der Waals surface area contributed by atoms with Gasteiger partial charge in [0.25, 0.3) is 0 Å². The highest BCUT2D eigenvalue weighted by Crippen LogP contribution is 2.30. The number of rotatable bonds is 6. The highest BCUT2D eigenvalue weighted by Gasteiger charge is 2.40. The molecule has 2 N–H and O–H groups in total. The van der Waals surface area contributed by atoms with Crippen LogP contribution in [0.15, 0.2) is 42.7 Å². The Kier molecular flexibility index (Phi) is 6.99. The Morgan fingerprint density at radius 2 is 2.04 bits per heavy atom. The standard InChI is InChI=1S/C18H24N4O2.ClH/c1-24-14-18(7-9-19-10-8-18)16(23)21-17-20-11-12-22(17)13-15-5-3-2-4-6-15;/h2-6,11-12,19H,7-10,13-14H2,1H3,(H,20,21,23);1H. The molecule has 7 heteroatoms. The first-order chi connectivity index (χ1) is 11.7. The van der Waals surface area contributed by atoms with Crippen LogP contribution in [0.4, 0.5) is 5.95 Å². The molecule has 1 aliphatic heterocycles. The van der Waals surface area contributed by atoms with E-state index in [0.717, 1.165) is 25.9 Å². The molecule has 0 spiro atoms. The SMILES string of the molecule is COCC1(C(=O)Nc2nccn2Cc2ccccc2)CCNCC1.Cl. The van der Waals surface area contributed by atoms with Crippen molar-refractivity contribution < 1.29 is 9.53 Å². The number of imidazole rings is 1. The van der Waals surface area contributed by atoms with Crippen LogP contribution in [0.5, 0.6) is 0 Å². The minimum Gasteiger partial charge on any atom is -0.384 e. The van der Waals surface area contributed by atoms with Crippen LogP contribution in [0, 0.1) is 5.41 Å². The van der Waals surface area contributed by atoms with Crippen molar-refractivity contribution in [2.24, 2.45) is 5.41 Å². The van der Waals surface area contributed by atoms with E-state index in [1.165, 1.54) is 5.56 Å². The lowest BCUT2D eigenvalue weighted by Crippen LogP contribution is -2.47. The fourth-order valence-electron chi connectivity index (χ4n) is 3.19. The normalized spacial score (nSPS) is 16.0. The lowest BCUT2D eigenvalue weighted by molar-refractivity contribution is -0.130. The van der Waals surface area contributed by atoms with Crippen LogP contribution in [0.2, 0.25) is 0 Å². The number of ether oxygens (including phenoxy) is 1. The van der Waals surface area contributed by atoms with Crippen LogP contribution >= 0.6 is 12.4 Å². The van der Waals surface area contributed by atoms with Crippen molar-refractivity contribution >= 4 is 24.3 Å². The molecule has 1 aromatic carbocycles. The lowest BCUT2D eigenvalue weighted by Gasteiger charge is -2.35. The molecule has 0 radical (unpaired) electrons. The van der Waals surface area contributed by atoms with Crippen molar-refractivity contribution in [3.05, 3.63) is 48.3 Å². The van der Waals surface area contributed by atoms with E-state index in [-0.39, 0.29) is 18.3 Å². The molecular weight excluding hydrogens is 340 g/mol. The lowest BCUT2D eigenvalue weighted by atomic mass is 9.79. The predicted octanol–water partition coefficient (Wildman–Crippen LogP) is 2.31. The van der Waals surface area contributed by atoms with Crippen LogP contribution in [0.1, 0.15) is 18.4 Å². The molecule has 136 valence electrons. The zero-order valence-corrected chi connectivity index (χ0v) is 15.2. The summed E-state index contributed by atoms with van der Waals surface area (Å²) in [5, 5.41) is 6.31. The number of methoxy groups -OCH3 is 1. The average molecular weight is 365 g/mol. The summed E-state index contributed by atoms with van der Waals surface area (Å²) in [7, 11) is 1.65. The van der Waals surface area contributed by atoms with Crippen molar-refractivity contribution in [2.45, 2.75) is 19.4 Å². The molecule has 1 amide bonds. The van der Waals surface area contributed by atoms with Gasteiger partial charge in [-0.1, -0.05) is 30.3 Å². The van der Waals surface area contributed by atoms with E-state index >= 15 is 0 Å². The zero-order valence-electron chi connectivity index (χ0n) is 14.4. The van der Waals surface area contributed by atoms with E-state index in [1.807, 2.05) is 29.0 Å². The maximum absolute atomic E-state index is 12.9. The second-order valence-electron chi connectivity index (χ2n) is 6.28. The van der Waals surface area contributed by atoms with Gasteiger partial charge in [0.15, 0.2) is 0 Å². The molecule has 0 unspecified atom stereocenters. The fourth-order valence-corrected chi connectivity index (χ4v) is 3.19. The summed E-state index contributed by atoms with van der Waals surface area (Å²) in [5.74, 6) is 0.573. The molecule has 0 saturated carbocycles. The van der Waals surface area contributed by atoms with Crippen LogP contribution in [0.3, 0.4) is 0 Å². The number of anilines is 1. The number of hydrogen-bond donors (Lipinski definition) is 2. The van der Waals surface area contributed by atoms with Gasteiger partial charge in [0, 0.05) is 19.5 Å². The highest BCUT2D eigenvalue weighted by molar-refractivity contribution is 5.94. The summed E-state index contributed by atoms with van der Waals surface area (Å²) in [6, 6.07) is 10.1. The van der Waals surface area contributed by atoms with Crippen molar-refractivity contribution in [1.82, 2.24) is 14.9 Å². The molecule has 6 nitrogen and oxygen atoms in total. The molecular formula is C18H25ClN4O2. The third kappa shape index (κ3) is 4.60. The highest BCUT2D eigenvalue weighted by atomic mass is 35.5. The second-order valence-corrected chi connectivity index (χ2v) is 6.28. The van der Waals surface area contributed by atoms with Crippen molar-refractivity contribution in [3.8, 4) is 0 Å². The topological polar surface area (TPSA) is 68.2 Å². The van der Waals surface area contributed by atoms with Crippen LogP contribution in [-0.4, -0.2) is 42.3 Å². The molecule has 2 heterocycles. The number of aromatic nitrogens is 2. The van der Waals surface area contributed by atoms with Crippen molar-refractivity contribution in [1.29, 1.82) is 0 Å². The molecule has 0 atom stereocenters. The minimum atomic E-state index is -0.483. The van der Waals surface area contributed by atoms with Crippen LogP contribution in [0.25, 0.3) is 0 Å². The second kappa shape index (κ2) is 8.99. The third-order valence-corrected chi connectivity index (χ3v) is 4.60. The maximum Gasteiger partial charge on any atom is 0.235 e.